The van der Waals surface area contributed by atoms with Crippen molar-refractivity contribution >= 4 is 11.9 Å². The molecule has 1 heterocycles. The number of carboxylic acid groups (broad SMARTS) is 1. The third kappa shape index (κ3) is 3.88. The van der Waals surface area contributed by atoms with E-state index in [4.69, 9.17) is 14.2 Å². The molecule has 1 aliphatic heterocycles. The molecular formula is C19H23NO6. The van der Waals surface area contributed by atoms with Crippen LogP contribution in [0.1, 0.15) is 32.3 Å². The van der Waals surface area contributed by atoms with Crippen molar-refractivity contribution in [3.8, 4) is 5.75 Å². The van der Waals surface area contributed by atoms with E-state index in [0.717, 1.165) is 0 Å². The minimum atomic E-state index is -1.11. The SMILES string of the molecule is CCOC(=O)C1=C(C)NC(C)=C(C(=O)O)C1c1ccccc1OCOC. The molecule has 0 bridgehead atoms. The van der Waals surface area contributed by atoms with Gasteiger partial charge in [-0.05, 0) is 26.8 Å². The van der Waals surface area contributed by atoms with Crippen molar-refractivity contribution in [1.29, 1.82) is 0 Å². The lowest BCUT2D eigenvalue weighted by molar-refractivity contribution is -0.138. The number of allylic oxidation sites excluding steroid dienone is 2. The molecule has 0 aromatic heterocycles. The fourth-order valence-electron chi connectivity index (χ4n) is 3.04. The summed E-state index contributed by atoms with van der Waals surface area (Å²) in [7, 11) is 1.49. The van der Waals surface area contributed by atoms with Gasteiger partial charge in [-0.2, -0.15) is 0 Å². The van der Waals surface area contributed by atoms with Gasteiger partial charge in [0.2, 0.25) is 0 Å². The van der Waals surface area contributed by atoms with Crippen LogP contribution >= 0.6 is 0 Å². The quantitative estimate of drug-likeness (QED) is 0.569. The van der Waals surface area contributed by atoms with Gasteiger partial charge < -0.3 is 24.6 Å². The largest absolute Gasteiger partial charge is 0.478 e. The second-order valence-corrected chi connectivity index (χ2v) is 5.75. The molecule has 0 saturated carbocycles. The fourth-order valence-corrected chi connectivity index (χ4v) is 3.04. The van der Waals surface area contributed by atoms with Crippen molar-refractivity contribution in [2.45, 2.75) is 26.7 Å². The molecule has 2 N–H and O–H groups in total. The molecule has 7 heteroatoms. The highest BCUT2D eigenvalue weighted by atomic mass is 16.7. The maximum atomic E-state index is 12.6. The number of hydrogen-bond acceptors (Lipinski definition) is 6. The minimum Gasteiger partial charge on any atom is -0.478 e. The molecule has 0 spiro atoms. The average molecular weight is 361 g/mol. The molecule has 1 atom stereocenters. The van der Waals surface area contributed by atoms with Gasteiger partial charge in [-0.25, -0.2) is 9.59 Å². The highest BCUT2D eigenvalue weighted by molar-refractivity contribution is 5.99. The normalized spacial score (nSPS) is 17.0. The molecule has 7 nitrogen and oxygen atoms in total. The van der Waals surface area contributed by atoms with Crippen molar-refractivity contribution in [1.82, 2.24) is 5.32 Å². The summed E-state index contributed by atoms with van der Waals surface area (Å²) in [6.45, 7) is 5.29. The van der Waals surface area contributed by atoms with E-state index in [-0.39, 0.29) is 24.5 Å². The Morgan fingerprint density at radius 3 is 2.42 bits per heavy atom. The van der Waals surface area contributed by atoms with E-state index in [1.807, 2.05) is 0 Å². The van der Waals surface area contributed by atoms with Gasteiger partial charge >= 0.3 is 11.9 Å². The zero-order chi connectivity index (χ0) is 19.3. The average Bonchev–Trinajstić information content (AvgIpc) is 2.59. The van der Waals surface area contributed by atoms with E-state index in [1.54, 1.807) is 45.0 Å². The predicted octanol–water partition coefficient (Wildman–Crippen LogP) is 2.55. The highest BCUT2D eigenvalue weighted by Crippen LogP contribution is 2.42. The van der Waals surface area contributed by atoms with Gasteiger partial charge in [-0.3, -0.25) is 0 Å². The summed E-state index contributed by atoms with van der Waals surface area (Å²) >= 11 is 0. The van der Waals surface area contributed by atoms with Crippen molar-refractivity contribution in [2.75, 3.05) is 20.5 Å². The Morgan fingerprint density at radius 1 is 1.15 bits per heavy atom. The molecule has 0 radical (unpaired) electrons. The number of hydrogen-bond donors (Lipinski definition) is 2. The highest BCUT2D eigenvalue weighted by Gasteiger charge is 2.38. The molecule has 1 aromatic rings. The molecule has 1 aromatic carbocycles. The Labute approximate surface area is 152 Å². The lowest BCUT2D eigenvalue weighted by Crippen LogP contribution is -2.32. The maximum absolute atomic E-state index is 12.6. The minimum absolute atomic E-state index is 0.00448. The first-order chi connectivity index (χ1) is 12.4. The van der Waals surface area contributed by atoms with Crippen LogP contribution in [0.15, 0.2) is 46.8 Å². The molecule has 26 heavy (non-hydrogen) atoms. The molecule has 1 unspecified atom stereocenters. The van der Waals surface area contributed by atoms with Crippen LogP contribution in [0.2, 0.25) is 0 Å². The number of benzene rings is 1. The second kappa shape index (κ2) is 8.53. The van der Waals surface area contributed by atoms with Gasteiger partial charge in [0.15, 0.2) is 6.79 Å². The van der Waals surface area contributed by atoms with Gasteiger partial charge in [-0.1, -0.05) is 18.2 Å². The Balaban J connectivity index is 2.66. The van der Waals surface area contributed by atoms with Crippen LogP contribution in [0.4, 0.5) is 0 Å². The van der Waals surface area contributed by atoms with E-state index < -0.39 is 17.9 Å². The zero-order valence-corrected chi connectivity index (χ0v) is 15.3. The molecule has 0 fully saturated rings. The number of para-hydroxylation sites is 1. The molecule has 1 aliphatic rings. The van der Waals surface area contributed by atoms with Crippen molar-refractivity contribution < 1.29 is 28.9 Å². The topological polar surface area (TPSA) is 94.1 Å². The van der Waals surface area contributed by atoms with Crippen LogP contribution in [-0.4, -0.2) is 37.6 Å². The van der Waals surface area contributed by atoms with Crippen molar-refractivity contribution in [2.24, 2.45) is 0 Å². The first-order valence-electron chi connectivity index (χ1n) is 8.21. The fraction of sp³-hybridized carbons (Fsp3) is 0.368. The number of nitrogens with one attached hydrogen (secondary N) is 1. The number of aliphatic carboxylic acids is 1. The number of esters is 1. The molecule has 140 valence electrons. The number of carboxylic acids is 1. The smallest absolute Gasteiger partial charge is 0.336 e. The molecular weight excluding hydrogens is 338 g/mol. The van der Waals surface area contributed by atoms with E-state index in [1.165, 1.54) is 7.11 Å². The van der Waals surface area contributed by atoms with Crippen LogP contribution in [0, 0.1) is 0 Å². The Bertz CT molecular complexity index is 765. The van der Waals surface area contributed by atoms with Gasteiger partial charge in [0.1, 0.15) is 5.75 Å². The standard InChI is InChI=1S/C19H23NO6/c1-5-25-19(23)16-12(3)20-11(2)15(18(21)22)17(16)13-8-6-7-9-14(13)26-10-24-4/h6-9,17,20H,5,10H2,1-4H3,(H,21,22). The Morgan fingerprint density at radius 2 is 1.81 bits per heavy atom. The molecule has 0 aliphatic carbocycles. The van der Waals surface area contributed by atoms with Gasteiger partial charge in [0.25, 0.3) is 0 Å². The number of dihydropyridines is 1. The van der Waals surface area contributed by atoms with Crippen LogP contribution in [0.3, 0.4) is 0 Å². The lowest BCUT2D eigenvalue weighted by Gasteiger charge is -2.30. The monoisotopic (exact) mass is 361 g/mol. The third-order valence-corrected chi connectivity index (χ3v) is 4.05. The van der Waals surface area contributed by atoms with Gasteiger partial charge in [0, 0.05) is 24.1 Å². The summed E-state index contributed by atoms with van der Waals surface area (Å²) in [5.74, 6) is -2.05. The summed E-state index contributed by atoms with van der Waals surface area (Å²) < 4.78 is 15.7. The van der Waals surface area contributed by atoms with Crippen molar-refractivity contribution in [3.05, 3.63) is 52.4 Å². The van der Waals surface area contributed by atoms with Crippen LogP contribution in [0.5, 0.6) is 5.75 Å². The van der Waals surface area contributed by atoms with E-state index >= 15 is 0 Å². The summed E-state index contributed by atoms with van der Waals surface area (Å²) in [5, 5.41) is 12.8. The lowest BCUT2D eigenvalue weighted by atomic mass is 9.80. The summed E-state index contributed by atoms with van der Waals surface area (Å²) in [6.07, 6.45) is 0. The number of methoxy groups -OCH3 is 1. The van der Waals surface area contributed by atoms with E-state index in [2.05, 4.69) is 5.32 Å². The summed E-state index contributed by atoms with van der Waals surface area (Å²) in [5.41, 5.74) is 1.91. The number of ether oxygens (including phenoxy) is 3. The number of carbonyl (C=O) groups excluding carboxylic acids is 1. The molecule has 2 rings (SSSR count). The first kappa shape index (κ1) is 19.5. The van der Waals surface area contributed by atoms with Gasteiger partial charge in [0.05, 0.1) is 23.7 Å². The van der Waals surface area contributed by atoms with E-state index in [0.29, 0.717) is 22.7 Å². The molecule has 0 amide bonds. The van der Waals surface area contributed by atoms with Crippen LogP contribution < -0.4 is 10.1 Å². The van der Waals surface area contributed by atoms with Gasteiger partial charge in [-0.15, -0.1) is 0 Å². The predicted molar refractivity (Wildman–Crippen MR) is 94.5 cm³/mol. The zero-order valence-electron chi connectivity index (χ0n) is 15.3. The Hall–Kier alpha value is -2.80. The van der Waals surface area contributed by atoms with E-state index in [9.17, 15) is 14.7 Å². The number of rotatable bonds is 7. The molecule has 0 saturated heterocycles. The second-order valence-electron chi connectivity index (χ2n) is 5.75. The Kier molecular flexibility index (Phi) is 6.41. The van der Waals surface area contributed by atoms with Crippen molar-refractivity contribution in [3.63, 3.8) is 0 Å². The number of carbonyl (C=O) groups is 2. The maximum Gasteiger partial charge on any atom is 0.336 e. The third-order valence-electron chi connectivity index (χ3n) is 4.05. The summed E-state index contributed by atoms with van der Waals surface area (Å²) in [6, 6.07) is 6.99. The van der Waals surface area contributed by atoms with Crippen LogP contribution in [-0.2, 0) is 19.1 Å². The first-order valence-corrected chi connectivity index (χ1v) is 8.21. The van der Waals surface area contributed by atoms with Crippen LogP contribution in [0.25, 0.3) is 0 Å². The summed E-state index contributed by atoms with van der Waals surface area (Å²) in [4.78, 5) is 24.6.